The molecule has 1 aromatic heterocycles. The molecule has 2 aromatic rings. The molecule has 1 heterocycles. The van der Waals surface area contributed by atoms with Gasteiger partial charge in [0.1, 0.15) is 17.1 Å². The van der Waals surface area contributed by atoms with E-state index < -0.39 is 0 Å². The van der Waals surface area contributed by atoms with Crippen molar-refractivity contribution < 1.29 is 9.15 Å². The van der Waals surface area contributed by atoms with Crippen LogP contribution in [0.25, 0.3) is 11.0 Å². The number of furan rings is 1. The lowest BCUT2D eigenvalue weighted by Crippen LogP contribution is -2.11. The van der Waals surface area contributed by atoms with Gasteiger partial charge in [-0.1, -0.05) is 19.8 Å². The highest BCUT2D eigenvalue weighted by Crippen LogP contribution is 2.34. The zero-order valence-corrected chi connectivity index (χ0v) is 13.3. The topological polar surface area (TPSA) is 22.4 Å². The SMILES string of the molecule is CCCCCC(C)Oc1ccc2oc3c(c2c1)CCCC3. The van der Waals surface area contributed by atoms with Gasteiger partial charge >= 0.3 is 0 Å². The summed E-state index contributed by atoms with van der Waals surface area (Å²) in [5.41, 5.74) is 2.44. The Balaban J connectivity index is 1.74. The number of benzene rings is 1. The van der Waals surface area contributed by atoms with E-state index in [-0.39, 0.29) is 6.10 Å². The largest absolute Gasteiger partial charge is 0.491 e. The van der Waals surface area contributed by atoms with Gasteiger partial charge < -0.3 is 9.15 Å². The predicted octanol–water partition coefficient (Wildman–Crippen LogP) is 5.66. The number of hydrogen-bond acceptors (Lipinski definition) is 2. The van der Waals surface area contributed by atoms with Crippen LogP contribution < -0.4 is 4.74 Å². The van der Waals surface area contributed by atoms with Crippen molar-refractivity contribution in [3.63, 3.8) is 0 Å². The molecule has 0 saturated heterocycles. The quantitative estimate of drug-likeness (QED) is 0.639. The number of fused-ring (bicyclic) bond motifs is 3. The summed E-state index contributed by atoms with van der Waals surface area (Å²) in [7, 11) is 0. The Hall–Kier alpha value is -1.44. The van der Waals surface area contributed by atoms with Gasteiger partial charge in [0.25, 0.3) is 0 Å². The first-order valence-electron chi connectivity index (χ1n) is 8.49. The fraction of sp³-hybridized carbons (Fsp3) is 0.579. The zero-order valence-electron chi connectivity index (χ0n) is 13.3. The number of rotatable bonds is 6. The molecule has 114 valence electrons. The average molecular weight is 286 g/mol. The summed E-state index contributed by atoms with van der Waals surface area (Å²) in [4.78, 5) is 0. The van der Waals surface area contributed by atoms with E-state index in [1.165, 1.54) is 48.8 Å². The molecule has 1 atom stereocenters. The van der Waals surface area contributed by atoms with Crippen LogP contribution in [-0.4, -0.2) is 6.10 Å². The normalized spacial score (nSPS) is 15.9. The summed E-state index contributed by atoms with van der Waals surface area (Å²) in [6.45, 7) is 4.41. The Bertz CT molecular complexity index is 597. The molecule has 0 saturated carbocycles. The summed E-state index contributed by atoms with van der Waals surface area (Å²) in [5.74, 6) is 2.19. The first-order valence-corrected chi connectivity index (χ1v) is 8.49. The van der Waals surface area contributed by atoms with E-state index in [9.17, 15) is 0 Å². The Morgan fingerprint density at radius 1 is 1.19 bits per heavy atom. The van der Waals surface area contributed by atoms with Crippen LogP contribution >= 0.6 is 0 Å². The van der Waals surface area contributed by atoms with Crippen LogP contribution in [0, 0.1) is 0 Å². The van der Waals surface area contributed by atoms with Gasteiger partial charge in [-0.2, -0.15) is 0 Å². The van der Waals surface area contributed by atoms with Crippen molar-refractivity contribution in [1.82, 2.24) is 0 Å². The lowest BCUT2D eigenvalue weighted by atomic mass is 9.96. The van der Waals surface area contributed by atoms with Crippen molar-refractivity contribution in [2.24, 2.45) is 0 Å². The van der Waals surface area contributed by atoms with E-state index in [0.717, 1.165) is 30.6 Å². The maximum Gasteiger partial charge on any atom is 0.134 e. The minimum Gasteiger partial charge on any atom is -0.491 e. The fourth-order valence-corrected chi connectivity index (χ4v) is 3.29. The summed E-state index contributed by atoms with van der Waals surface area (Å²) < 4.78 is 12.1. The Kier molecular flexibility index (Phi) is 4.52. The van der Waals surface area contributed by atoms with E-state index in [0.29, 0.717) is 0 Å². The second kappa shape index (κ2) is 6.55. The molecular weight excluding hydrogens is 260 g/mol. The van der Waals surface area contributed by atoms with Crippen molar-refractivity contribution in [1.29, 1.82) is 0 Å². The molecule has 1 aliphatic rings. The summed E-state index contributed by atoms with van der Waals surface area (Å²) >= 11 is 0. The maximum atomic E-state index is 6.09. The van der Waals surface area contributed by atoms with Crippen LogP contribution in [0.3, 0.4) is 0 Å². The van der Waals surface area contributed by atoms with E-state index in [1.54, 1.807) is 0 Å². The van der Waals surface area contributed by atoms with E-state index in [4.69, 9.17) is 9.15 Å². The Morgan fingerprint density at radius 2 is 2.05 bits per heavy atom. The van der Waals surface area contributed by atoms with Gasteiger partial charge in [-0.3, -0.25) is 0 Å². The smallest absolute Gasteiger partial charge is 0.134 e. The van der Waals surface area contributed by atoms with Gasteiger partial charge in [-0.15, -0.1) is 0 Å². The molecular formula is C19H26O2. The number of unbranched alkanes of at least 4 members (excludes halogenated alkanes) is 2. The highest BCUT2D eigenvalue weighted by Gasteiger charge is 2.18. The maximum absolute atomic E-state index is 6.09. The molecule has 0 amide bonds. The van der Waals surface area contributed by atoms with Crippen LogP contribution in [0.5, 0.6) is 5.75 Å². The monoisotopic (exact) mass is 286 g/mol. The summed E-state index contributed by atoms with van der Waals surface area (Å²) in [5, 5.41) is 1.27. The standard InChI is InChI=1S/C19H26O2/c1-3-4-5-8-14(2)20-15-11-12-19-17(13-15)16-9-6-7-10-18(16)21-19/h11-14H,3-10H2,1-2H3. The molecule has 2 nitrogen and oxygen atoms in total. The van der Waals surface area contributed by atoms with Gasteiger partial charge in [0.2, 0.25) is 0 Å². The molecule has 21 heavy (non-hydrogen) atoms. The third kappa shape index (κ3) is 3.25. The van der Waals surface area contributed by atoms with E-state index in [2.05, 4.69) is 26.0 Å². The predicted molar refractivity (Wildman–Crippen MR) is 87.1 cm³/mol. The zero-order chi connectivity index (χ0) is 14.7. The Morgan fingerprint density at radius 3 is 2.90 bits per heavy atom. The summed E-state index contributed by atoms with van der Waals surface area (Å²) in [6, 6.07) is 6.30. The molecule has 0 N–H and O–H groups in total. The first-order chi connectivity index (χ1) is 10.3. The van der Waals surface area contributed by atoms with Gasteiger partial charge in [0.05, 0.1) is 6.10 Å². The van der Waals surface area contributed by atoms with Gasteiger partial charge in [-0.25, -0.2) is 0 Å². The van der Waals surface area contributed by atoms with E-state index >= 15 is 0 Å². The molecule has 0 aliphatic heterocycles. The van der Waals surface area contributed by atoms with Crippen LogP contribution in [0.2, 0.25) is 0 Å². The van der Waals surface area contributed by atoms with Crippen molar-refractivity contribution in [2.45, 2.75) is 71.3 Å². The molecule has 2 heteroatoms. The third-order valence-electron chi connectivity index (χ3n) is 4.48. The molecule has 3 rings (SSSR count). The molecule has 0 spiro atoms. The van der Waals surface area contributed by atoms with Crippen LogP contribution in [0.4, 0.5) is 0 Å². The second-order valence-electron chi connectivity index (χ2n) is 6.29. The van der Waals surface area contributed by atoms with Gasteiger partial charge in [0.15, 0.2) is 0 Å². The number of hydrogen-bond donors (Lipinski definition) is 0. The van der Waals surface area contributed by atoms with Crippen LogP contribution in [0.15, 0.2) is 22.6 Å². The molecule has 1 aromatic carbocycles. The lowest BCUT2D eigenvalue weighted by Gasteiger charge is -2.14. The van der Waals surface area contributed by atoms with Crippen molar-refractivity contribution in [2.75, 3.05) is 0 Å². The van der Waals surface area contributed by atoms with E-state index in [1.807, 2.05) is 6.07 Å². The molecule has 0 radical (unpaired) electrons. The average Bonchev–Trinajstić information content (AvgIpc) is 2.86. The second-order valence-corrected chi connectivity index (χ2v) is 6.29. The molecule has 0 fully saturated rings. The third-order valence-corrected chi connectivity index (χ3v) is 4.48. The fourth-order valence-electron chi connectivity index (χ4n) is 3.29. The molecule has 1 unspecified atom stereocenters. The molecule has 1 aliphatic carbocycles. The van der Waals surface area contributed by atoms with Gasteiger partial charge in [0, 0.05) is 17.4 Å². The van der Waals surface area contributed by atoms with Crippen molar-refractivity contribution in [3.05, 3.63) is 29.5 Å². The first kappa shape index (κ1) is 14.5. The van der Waals surface area contributed by atoms with Crippen molar-refractivity contribution in [3.8, 4) is 5.75 Å². The van der Waals surface area contributed by atoms with Crippen molar-refractivity contribution >= 4 is 11.0 Å². The number of aryl methyl sites for hydroxylation is 2. The number of ether oxygens (including phenoxy) is 1. The van der Waals surface area contributed by atoms with Crippen LogP contribution in [0.1, 0.15) is 63.7 Å². The van der Waals surface area contributed by atoms with Gasteiger partial charge in [-0.05, 0) is 57.2 Å². The lowest BCUT2D eigenvalue weighted by molar-refractivity contribution is 0.207. The highest BCUT2D eigenvalue weighted by molar-refractivity contribution is 5.84. The highest BCUT2D eigenvalue weighted by atomic mass is 16.5. The van der Waals surface area contributed by atoms with Crippen LogP contribution in [-0.2, 0) is 12.8 Å². The minimum absolute atomic E-state index is 0.289. The minimum atomic E-state index is 0.289. The molecule has 0 bridgehead atoms. The Labute approximate surface area is 127 Å². The summed E-state index contributed by atoms with van der Waals surface area (Å²) in [6.07, 6.45) is 10.0.